The van der Waals surface area contributed by atoms with Crippen LogP contribution in [0.4, 0.5) is 24.7 Å². The van der Waals surface area contributed by atoms with Gasteiger partial charge in [0.25, 0.3) is 0 Å². The molecule has 0 saturated carbocycles. The van der Waals surface area contributed by atoms with E-state index in [2.05, 4.69) is 25.3 Å². The molecule has 33 heavy (non-hydrogen) atoms. The average molecular weight is 460 g/mol. The van der Waals surface area contributed by atoms with Gasteiger partial charge in [-0.05, 0) is 38.1 Å². The van der Waals surface area contributed by atoms with Gasteiger partial charge >= 0.3 is 6.18 Å². The van der Waals surface area contributed by atoms with Gasteiger partial charge in [0.1, 0.15) is 5.82 Å². The molecular formula is C22H23F3N6O2. The Morgan fingerprint density at radius 3 is 2.36 bits per heavy atom. The largest absolute Gasteiger partial charge is 0.417 e. The number of halogens is 3. The number of anilines is 2. The number of nitrogens with one attached hydrogen (secondary N) is 1. The van der Waals surface area contributed by atoms with E-state index in [1.54, 1.807) is 26.1 Å². The summed E-state index contributed by atoms with van der Waals surface area (Å²) in [6.45, 7) is 6.36. The number of rotatable bonds is 5. The van der Waals surface area contributed by atoms with Gasteiger partial charge in [-0.25, -0.2) is 14.6 Å². The lowest BCUT2D eigenvalue weighted by Crippen LogP contribution is -2.36. The van der Waals surface area contributed by atoms with Crippen molar-refractivity contribution in [2.45, 2.75) is 26.4 Å². The molecule has 0 atom stereocenters. The van der Waals surface area contributed by atoms with Crippen LogP contribution in [0.3, 0.4) is 0 Å². The Bertz CT molecular complexity index is 1120. The zero-order valence-corrected chi connectivity index (χ0v) is 18.2. The van der Waals surface area contributed by atoms with Crippen LogP contribution in [-0.4, -0.2) is 52.0 Å². The molecule has 174 valence electrons. The number of aromatic nitrogens is 4. The summed E-state index contributed by atoms with van der Waals surface area (Å²) in [6, 6.07) is 5.86. The number of nitrogens with zero attached hydrogens (tertiary/aromatic N) is 5. The van der Waals surface area contributed by atoms with E-state index < -0.39 is 11.7 Å². The molecular weight excluding hydrogens is 437 g/mol. The minimum atomic E-state index is -4.46. The van der Waals surface area contributed by atoms with Crippen molar-refractivity contribution in [1.82, 2.24) is 19.7 Å². The van der Waals surface area contributed by atoms with Gasteiger partial charge < -0.3 is 15.0 Å². The molecule has 0 radical (unpaired) electrons. The second kappa shape index (κ2) is 9.18. The van der Waals surface area contributed by atoms with E-state index in [1.165, 1.54) is 10.7 Å². The van der Waals surface area contributed by atoms with Gasteiger partial charge in [-0.3, -0.25) is 4.79 Å². The van der Waals surface area contributed by atoms with Crippen LogP contribution in [0.1, 0.15) is 22.5 Å². The fourth-order valence-electron chi connectivity index (χ4n) is 3.64. The highest BCUT2D eigenvalue weighted by Crippen LogP contribution is 2.29. The zero-order valence-electron chi connectivity index (χ0n) is 18.2. The minimum absolute atomic E-state index is 0.0590. The van der Waals surface area contributed by atoms with Crippen LogP contribution in [0.2, 0.25) is 0 Å². The maximum absolute atomic E-state index is 12.8. The van der Waals surface area contributed by atoms with Crippen molar-refractivity contribution < 1.29 is 22.7 Å². The van der Waals surface area contributed by atoms with Gasteiger partial charge in [-0.1, -0.05) is 0 Å². The van der Waals surface area contributed by atoms with Gasteiger partial charge in [-0.2, -0.15) is 18.3 Å². The fraction of sp³-hybridized carbons (Fsp3) is 0.364. The third-order valence-corrected chi connectivity index (χ3v) is 5.44. The highest BCUT2D eigenvalue weighted by atomic mass is 19.4. The van der Waals surface area contributed by atoms with Crippen LogP contribution in [-0.2, 0) is 22.1 Å². The molecule has 3 aromatic rings. The minimum Gasteiger partial charge on any atom is -0.378 e. The molecule has 1 aliphatic rings. The maximum atomic E-state index is 12.8. The molecule has 11 heteroatoms. The summed E-state index contributed by atoms with van der Waals surface area (Å²) in [5.74, 6) is 0.827. The van der Waals surface area contributed by atoms with E-state index in [9.17, 15) is 18.0 Å². The third-order valence-electron chi connectivity index (χ3n) is 5.44. The first-order valence-corrected chi connectivity index (χ1v) is 10.4. The first-order chi connectivity index (χ1) is 15.7. The summed E-state index contributed by atoms with van der Waals surface area (Å²) in [4.78, 5) is 23.0. The molecule has 8 nitrogen and oxygen atoms in total. The number of alkyl halides is 3. The molecule has 0 spiro atoms. The highest BCUT2D eigenvalue weighted by molar-refractivity contribution is 5.92. The molecule has 4 heterocycles. The predicted octanol–water partition coefficient (Wildman–Crippen LogP) is 3.32. The molecule has 0 aromatic carbocycles. The summed E-state index contributed by atoms with van der Waals surface area (Å²) in [5, 5.41) is 7.19. The van der Waals surface area contributed by atoms with Crippen molar-refractivity contribution in [3.8, 4) is 5.82 Å². The smallest absolute Gasteiger partial charge is 0.378 e. The maximum Gasteiger partial charge on any atom is 0.417 e. The second-order valence-electron chi connectivity index (χ2n) is 7.69. The van der Waals surface area contributed by atoms with E-state index in [4.69, 9.17) is 4.74 Å². The van der Waals surface area contributed by atoms with Crippen molar-refractivity contribution in [2.75, 3.05) is 36.5 Å². The number of carbonyl (C=O) groups is 1. The third kappa shape index (κ3) is 5.14. The standard InChI is InChI=1S/C22H23F3N6O2/c1-14-18(15(2)31(29-14)20-5-3-16(12-26-20)22(23,24)25)11-21(32)28-17-4-6-19(27-13-17)30-7-9-33-10-8-30/h3-6,12-13H,7-11H2,1-2H3,(H,28,32). The van der Waals surface area contributed by atoms with Crippen molar-refractivity contribution in [1.29, 1.82) is 0 Å². The Balaban J connectivity index is 1.44. The van der Waals surface area contributed by atoms with E-state index in [-0.39, 0.29) is 18.1 Å². The lowest BCUT2D eigenvalue weighted by molar-refractivity contribution is -0.137. The Labute approximate surface area is 188 Å². The Kier molecular flexibility index (Phi) is 6.32. The van der Waals surface area contributed by atoms with Gasteiger partial charge in [-0.15, -0.1) is 0 Å². The summed E-state index contributed by atoms with van der Waals surface area (Å²) in [5.41, 5.74) is 1.66. The second-order valence-corrected chi connectivity index (χ2v) is 7.69. The number of morpholine rings is 1. The lowest BCUT2D eigenvalue weighted by Gasteiger charge is -2.27. The molecule has 1 N–H and O–H groups in total. The predicted molar refractivity (Wildman–Crippen MR) is 115 cm³/mol. The Hall–Kier alpha value is -3.47. The first-order valence-electron chi connectivity index (χ1n) is 10.4. The number of aryl methyl sites for hydroxylation is 1. The zero-order chi connectivity index (χ0) is 23.6. The van der Waals surface area contributed by atoms with Crippen LogP contribution in [0.15, 0.2) is 36.7 Å². The number of ether oxygens (including phenoxy) is 1. The SMILES string of the molecule is Cc1nn(-c2ccc(C(F)(F)F)cn2)c(C)c1CC(=O)Nc1ccc(N2CCOCC2)nc1. The monoisotopic (exact) mass is 460 g/mol. The topological polar surface area (TPSA) is 85.2 Å². The quantitative estimate of drug-likeness (QED) is 0.629. The summed E-state index contributed by atoms with van der Waals surface area (Å²) in [6.07, 6.45) is -2.02. The molecule has 1 fully saturated rings. The van der Waals surface area contributed by atoms with Gasteiger partial charge in [0.05, 0.1) is 42.8 Å². The summed E-state index contributed by atoms with van der Waals surface area (Å²) in [7, 11) is 0. The van der Waals surface area contributed by atoms with Crippen LogP contribution in [0.25, 0.3) is 5.82 Å². The van der Waals surface area contributed by atoms with E-state index >= 15 is 0 Å². The average Bonchev–Trinajstić information content (AvgIpc) is 3.08. The summed E-state index contributed by atoms with van der Waals surface area (Å²) >= 11 is 0. The normalized spacial score (nSPS) is 14.4. The van der Waals surface area contributed by atoms with E-state index in [0.29, 0.717) is 35.9 Å². The number of amides is 1. The molecule has 0 aliphatic carbocycles. The number of hydrogen-bond acceptors (Lipinski definition) is 6. The molecule has 1 amide bonds. The summed E-state index contributed by atoms with van der Waals surface area (Å²) < 4.78 is 45.2. The van der Waals surface area contributed by atoms with E-state index in [0.717, 1.165) is 31.2 Å². The molecule has 1 aliphatic heterocycles. The van der Waals surface area contributed by atoms with Crippen molar-refractivity contribution in [3.05, 3.63) is 59.2 Å². The molecule has 3 aromatic heterocycles. The number of pyridine rings is 2. The number of carbonyl (C=O) groups excluding carboxylic acids is 1. The Morgan fingerprint density at radius 2 is 1.76 bits per heavy atom. The highest BCUT2D eigenvalue weighted by Gasteiger charge is 2.31. The molecule has 1 saturated heterocycles. The van der Waals surface area contributed by atoms with Crippen LogP contribution in [0.5, 0.6) is 0 Å². The van der Waals surface area contributed by atoms with Crippen LogP contribution in [0, 0.1) is 13.8 Å². The molecule has 0 unspecified atom stereocenters. The molecule has 4 rings (SSSR count). The first kappa shape index (κ1) is 22.7. The van der Waals surface area contributed by atoms with Crippen LogP contribution < -0.4 is 10.2 Å². The van der Waals surface area contributed by atoms with Gasteiger partial charge in [0.15, 0.2) is 5.82 Å². The van der Waals surface area contributed by atoms with Gasteiger partial charge in [0, 0.05) is 30.5 Å². The number of hydrogen-bond donors (Lipinski definition) is 1. The van der Waals surface area contributed by atoms with Crippen molar-refractivity contribution in [2.24, 2.45) is 0 Å². The Morgan fingerprint density at radius 1 is 1.06 bits per heavy atom. The lowest BCUT2D eigenvalue weighted by atomic mass is 10.1. The van der Waals surface area contributed by atoms with Crippen molar-refractivity contribution >= 4 is 17.4 Å². The van der Waals surface area contributed by atoms with E-state index in [1.807, 2.05) is 6.07 Å². The van der Waals surface area contributed by atoms with Crippen LogP contribution >= 0.6 is 0 Å². The van der Waals surface area contributed by atoms with Crippen molar-refractivity contribution in [3.63, 3.8) is 0 Å². The molecule has 0 bridgehead atoms. The van der Waals surface area contributed by atoms with Gasteiger partial charge in [0.2, 0.25) is 5.91 Å². The fourth-order valence-corrected chi connectivity index (χ4v) is 3.64.